The Morgan fingerprint density at radius 3 is 2.52 bits per heavy atom. The van der Waals surface area contributed by atoms with Gasteiger partial charge in [0.25, 0.3) is 5.91 Å². The first kappa shape index (κ1) is 37.0. The number of carbonyl (C=O) groups is 1. The van der Waals surface area contributed by atoms with Gasteiger partial charge < -0.3 is 9.64 Å². The van der Waals surface area contributed by atoms with Gasteiger partial charge in [0.2, 0.25) is 0 Å². The number of methoxy groups -OCH3 is 1. The Hall–Kier alpha value is -4.25. The van der Waals surface area contributed by atoms with Crippen molar-refractivity contribution in [2.75, 3.05) is 66.1 Å². The van der Waals surface area contributed by atoms with E-state index < -0.39 is 17.8 Å². The second-order valence-electron chi connectivity index (χ2n) is 12.6. The number of amides is 1. The zero-order chi connectivity index (χ0) is 35.9. The monoisotopic (exact) mass is 713 g/mol. The number of rotatable bonds is 4. The summed E-state index contributed by atoms with van der Waals surface area (Å²) in [7, 11) is 6.28. The fraction of sp³-hybridized carbons (Fsp3) is 0.444. The topological polar surface area (TPSA) is 77.9 Å². The number of ether oxygens (including phenoxy) is 1. The SMILES string of the molecule is CN(C)CC#CC(=O)N1CCCC1.COc1nc(N(C)F)c2cnc(-c3cccc4ccc(F)c(Cl)c34)c(F)c2n1.FC1CC2CCCN2C1. The Bertz CT molecular complexity index is 1880. The molecule has 2 atom stereocenters. The number of halogens is 5. The molecule has 2 unspecified atom stereocenters. The molecular weight excluding hydrogens is 674 g/mol. The quantitative estimate of drug-likeness (QED) is 0.135. The van der Waals surface area contributed by atoms with Crippen molar-refractivity contribution in [2.24, 2.45) is 0 Å². The Balaban J connectivity index is 0.000000180. The molecule has 9 nitrogen and oxygen atoms in total. The van der Waals surface area contributed by atoms with Crippen LogP contribution in [0.1, 0.15) is 32.1 Å². The number of anilines is 1. The van der Waals surface area contributed by atoms with E-state index in [1.54, 1.807) is 24.3 Å². The smallest absolute Gasteiger partial charge is 0.318 e. The minimum atomic E-state index is -0.825. The van der Waals surface area contributed by atoms with E-state index in [-0.39, 0.29) is 50.0 Å². The predicted octanol–water partition coefficient (Wildman–Crippen LogP) is 6.47. The molecule has 14 heteroatoms. The van der Waals surface area contributed by atoms with Crippen LogP contribution in [0.4, 0.5) is 23.5 Å². The third-order valence-corrected chi connectivity index (χ3v) is 9.12. The predicted molar refractivity (Wildman–Crippen MR) is 188 cm³/mol. The van der Waals surface area contributed by atoms with Gasteiger partial charge in [-0.2, -0.15) is 15.1 Å². The van der Waals surface area contributed by atoms with Crippen molar-refractivity contribution in [3.63, 3.8) is 0 Å². The van der Waals surface area contributed by atoms with Crippen molar-refractivity contribution in [1.29, 1.82) is 0 Å². The van der Waals surface area contributed by atoms with E-state index in [1.807, 2.05) is 23.9 Å². The molecule has 2 aromatic heterocycles. The van der Waals surface area contributed by atoms with Gasteiger partial charge in [0.05, 0.1) is 24.1 Å². The van der Waals surface area contributed by atoms with Crippen molar-refractivity contribution in [1.82, 2.24) is 29.7 Å². The highest BCUT2D eigenvalue weighted by Crippen LogP contribution is 2.38. The number of aromatic nitrogens is 3. The maximum atomic E-state index is 15.4. The van der Waals surface area contributed by atoms with E-state index in [0.717, 1.165) is 45.9 Å². The van der Waals surface area contributed by atoms with Crippen molar-refractivity contribution in [3.05, 3.63) is 53.2 Å². The minimum absolute atomic E-state index is 0.0145. The Morgan fingerprint density at radius 1 is 1.08 bits per heavy atom. The molecule has 3 fully saturated rings. The number of carbonyl (C=O) groups excluding carboxylic acids is 1. The van der Waals surface area contributed by atoms with Crippen LogP contribution in [0.5, 0.6) is 6.01 Å². The van der Waals surface area contributed by atoms with Crippen LogP contribution < -0.4 is 9.86 Å². The molecule has 266 valence electrons. The van der Waals surface area contributed by atoms with Gasteiger partial charge >= 0.3 is 6.01 Å². The van der Waals surface area contributed by atoms with E-state index >= 15 is 4.39 Å². The molecule has 0 aliphatic carbocycles. The summed E-state index contributed by atoms with van der Waals surface area (Å²) in [6.07, 6.45) is 6.32. The molecule has 0 bridgehead atoms. The fourth-order valence-electron chi connectivity index (χ4n) is 6.34. The molecule has 3 aliphatic heterocycles. The van der Waals surface area contributed by atoms with Gasteiger partial charge in [-0.1, -0.05) is 46.3 Å². The maximum Gasteiger partial charge on any atom is 0.318 e. The summed E-state index contributed by atoms with van der Waals surface area (Å²) in [6, 6.07) is 8.17. The summed E-state index contributed by atoms with van der Waals surface area (Å²) in [5, 5.41) is 1.08. The van der Waals surface area contributed by atoms with Crippen LogP contribution in [0.2, 0.25) is 5.02 Å². The Labute approximate surface area is 294 Å². The Kier molecular flexibility index (Phi) is 12.3. The largest absolute Gasteiger partial charge is 0.467 e. The van der Waals surface area contributed by atoms with Crippen molar-refractivity contribution >= 4 is 45.0 Å². The summed E-state index contributed by atoms with van der Waals surface area (Å²) >= 11 is 6.14. The zero-order valence-electron chi connectivity index (χ0n) is 28.5. The second-order valence-corrected chi connectivity index (χ2v) is 13.0. The standard InChI is InChI=1S/C19H12ClF3N4O.C10H16N2O.C7H12FN/c1-27(23)18-11-8-24-16(15(22)17(11)25-19(26-18)28-2)10-5-3-4-9-6-7-12(21)14(20)13(9)10;1-11(2)7-5-6-10(13)12-8-3-4-9-12;8-6-4-7-2-1-3-9(7)5-6/h3-8H,1-2H3;3-4,7-9H2,1-2H3;6-7H,1-5H2. The lowest BCUT2D eigenvalue weighted by Gasteiger charge is -2.14. The molecule has 2 aromatic carbocycles. The van der Waals surface area contributed by atoms with Crippen molar-refractivity contribution in [2.45, 2.75) is 44.3 Å². The molecule has 0 N–H and O–H groups in total. The molecule has 50 heavy (non-hydrogen) atoms. The van der Waals surface area contributed by atoms with Gasteiger partial charge in [-0.3, -0.25) is 19.6 Å². The van der Waals surface area contributed by atoms with Crippen LogP contribution in [0.15, 0.2) is 36.5 Å². The Morgan fingerprint density at radius 2 is 1.84 bits per heavy atom. The highest BCUT2D eigenvalue weighted by molar-refractivity contribution is 6.36. The van der Waals surface area contributed by atoms with Crippen LogP contribution in [-0.2, 0) is 4.79 Å². The van der Waals surface area contributed by atoms with Gasteiger partial charge in [0.1, 0.15) is 23.2 Å². The number of fused-ring (bicyclic) bond motifs is 3. The van der Waals surface area contributed by atoms with E-state index in [4.69, 9.17) is 16.3 Å². The maximum absolute atomic E-state index is 15.4. The highest BCUT2D eigenvalue weighted by atomic mass is 35.5. The first-order valence-corrected chi connectivity index (χ1v) is 16.8. The summed E-state index contributed by atoms with van der Waals surface area (Å²) in [5.41, 5.74) is 0.00817. The summed E-state index contributed by atoms with van der Waals surface area (Å²) < 4.78 is 60.8. The molecule has 3 saturated heterocycles. The summed E-state index contributed by atoms with van der Waals surface area (Å²) in [5.74, 6) is 3.83. The molecule has 0 saturated carbocycles. The van der Waals surface area contributed by atoms with Gasteiger partial charge in [-0.05, 0) is 70.1 Å². The molecule has 7 rings (SSSR count). The van der Waals surface area contributed by atoms with Crippen LogP contribution >= 0.6 is 11.6 Å². The van der Waals surface area contributed by atoms with Crippen LogP contribution in [0, 0.1) is 23.5 Å². The first-order chi connectivity index (χ1) is 24.0. The second kappa shape index (κ2) is 16.6. The molecular formula is C36H40ClF4N7O2. The van der Waals surface area contributed by atoms with E-state index in [9.17, 15) is 18.1 Å². The molecule has 0 spiro atoms. The number of hydrogen-bond donors (Lipinski definition) is 0. The van der Waals surface area contributed by atoms with Crippen LogP contribution in [0.25, 0.3) is 32.9 Å². The summed E-state index contributed by atoms with van der Waals surface area (Å²) in [6.45, 7) is 4.28. The number of pyridine rings is 1. The average molecular weight is 714 g/mol. The van der Waals surface area contributed by atoms with Gasteiger partial charge in [-0.15, -0.1) is 0 Å². The highest BCUT2D eigenvalue weighted by Gasteiger charge is 2.34. The van der Waals surface area contributed by atoms with Crippen LogP contribution in [-0.4, -0.2) is 109 Å². The zero-order valence-corrected chi connectivity index (χ0v) is 29.3. The number of hydrogen-bond acceptors (Lipinski definition) is 8. The first-order valence-electron chi connectivity index (χ1n) is 16.5. The van der Waals surface area contributed by atoms with E-state index in [1.165, 1.54) is 32.2 Å². The number of alkyl halides is 1. The average Bonchev–Trinajstić information content (AvgIpc) is 3.86. The number of nitrogens with zero attached hydrogens (tertiary/aromatic N) is 7. The lowest BCUT2D eigenvalue weighted by atomic mass is 10.0. The van der Waals surface area contributed by atoms with Gasteiger partial charge in [-0.25, -0.2) is 13.2 Å². The number of likely N-dealkylation sites (tertiary alicyclic amines) is 1. The molecule has 0 radical (unpaired) electrons. The lowest BCUT2D eigenvalue weighted by Crippen LogP contribution is -2.26. The molecule has 4 aromatic rings. The van der Waals surface area contributed by atoms with Crippen molar-refractivity contribution < 1.29 is 27.2 Å². The normalized spacial score (nSPS) is 18.2. The van der Waals surface area contributed by atoms with E-state index in [0.29, 0.717) is 29.9 Å². The molecule has 1 amide bonds. The fourth-order valence-corrected chi connectivity index (χ4v) is 6.62. The third-order valence-electron chi connectivity index (χ3n) is 8.75. The van der Waals surface area contributed by atoms with Crippen LogP contribution in [0.3, 0.4) is 0 Å². The van der Waals surface area contributed by atoms with E-state index in [2.05, 4.69) is 31.7 Å². The van der Waals surface area contributed by atoms with Gasteiger partial charge in [0.15, 0.2) is 11.6 Å². The van der Waals surface area contributed by atoms with Crippen molar-refractivity contribution in [3.8, 4) is 29.1 Å². The van der Waals surface area contributed by atoms with Gasteiger partial charge in [0, 0.05) is 49.9 Å². The summed E-state index contributed by atoms with van der Waals surface area (Å²) in [4.78, 5) is 29.4. The lowest BCUT2D eigenvalue weighted by molar-refractivity contribution is -0.124. The molecule has 3 aliphatic rings. The third kappa shape index (κ3) is 8.54. The molecule has 5 heterocycles. The minimum Gasteiger partial charge on any atom is -0.467 e. The number of benzene rings is 2.